The van der Waals surface area contributed by atoms with Gasteiger partial charge >= 0.3 is 5.97 Å². The molecule has 0 aliphatic carbocycles. The summed E-state index contributed by atoms with van der Waals surface area (Å²) in [5.41, 5.74) is 1.61. The summed E-state index contributed by atoms with van der Waals surface area (Å²) in [7, 11) is 0. The van der Waals surface area contributed by atoms with E-state index in [1.807, 2.05) is 6.92 Å². The van der Waals surface area contributed by atoms with Crippen molar-refractivity contribution in [2.45, 2.75) is 53.5 Å². The number of carbonyl (C=O) groups excluding carboxylic acids is 1. The first-order chi connectivity index (χ1) is 9.23. The molecule has 5 nitrogen and oxygen atoms in total. The van der Waals surface area contributed by atoms with Crippen molar-refractivity contribution in [3.63, 3.8) is 0 Å². The molecule has 112 valence electrons. The predicted molar refractivity (Wildman–Crippen MR) is 78.2 cm³/mol. The molecule has 1 heterocycles. The molecule has 3 N–H and O–H groups in total. The molecule has 1 amide bonds. The molecule has 0 saturated heterocycles. The topological polar surface area (TPSA) is 82.2 Å². The zero-order valence-corrected chi connectivity index (χ0v) is 12.8. The summed E-state index contributed by atoms with van der Waals surface area (Å²) in [5.74, 6) is -0.652. The highest BCUT2D eigenvalue weighted by Crippen LogP contribution is 2.18. The van der Waals surface area contributed by atoms with Crippen molar-refractivity contribution < 1.29 is 14.7 Å². The molecule has 0 spiro atoms. The van der Waals surface area contributed by atoms with Gasteiger partial charge in [-0.05, 0) is 45.1 Å². The zero-order chi connectivity index (χ0) is 15.4. The molecular formula is C15H24N2O3. The van der Waals surface area contributed by atoms with Gasteiger partial charge in [0.05, 0.1) is 5.56 Å². The van der Waals surface area contributed by atoms with E-state index in [2.05, 4.69) is 24.1 Å². The Morgan fingerprint density at radius 2 is 1.80 bits per heavy atom. The molecule has 0 aliphatic rings. The van der Waals surface area contributed by atoms with Gasteiger partial charge in [0.25, 0.3) is 5.91 Å². The van der Waals surface area contributed by atoms with E-state index in [1.165, 1.54) is 0 Å². The number of H-pyrrole nitrogens is 1. The van der Waals surface area contributed by atoms with Gasteiger partial charge in [-0.15, -0.1) is 0 Å². The lowest BCUT2D eigenvalue weighted by atomic mass is 10.0. The molecule has 1 rings (SSSR count). The Kier molecular flexibility index (Phi) is 5.36. The molecular weight excluding hydrogens is 256 g/mol. The van der Waals surface area contributed by atoms with Gasteiger partial charge in [-0.1, -0.05) is 13.8 Å². The van der Waals surface area contributed by atoms with Crippen molar-refractivity contribution in [3.05, 3.63) is 22.5 Å². The molecule has 0 aliphatic heterocycles. The number of hydrogen-bond donors (Lipinski definition) is 3. The quantitative estimate of drug-likeness (QED) is 0.749. The first-order valence-electron chi connectivity index (χ1n) is 6.97. The molecule has 1 unspecified atom stereocenters. The van der Waals surface area contributed by atoms with Crippen LogP contribution in [0.1, 0.15) is 65.7 Å². The second-order valence-corrected chi connectivity index (χ2v) is 5.78. The average Bonchev–Trinajstić information content (AvgIpc) is 2.62. The van der Waals surface area contributed by atoms with Gasteiger partial charge in [-0.3, -0.25) is 4.79 Å². The molecule has 0 bridgehead atoms. The fraction of sp³-hybridized carbons (Fsp3) is 0.600. The molecule has 0 fully saturated rings. The number of aromatic amines is 1. The van der Waals surface area contributed by atoms with Gasteiger partial charge in [-0.25, -0.2) is 4.79 Å². The Bertz CT molecular complexity index is 503. The summed E-state index contributed by atoms with van der Waals surface area (Å²) in [6.45, 7) is 9.63. The molecule has 1 aromatic rings. The molecule has 0 saturated carbocycles. The van der Waals surface area contributed by atoms with Crippen LogP contribution in [0.5, 0.6) is 0 Å². The van der Waals surface area contributed by atoms with Gasteiger partial charge in [0.15, 0.2) is 0 Å². The Morgan fingerprint density at radius 3 is 2.25 bits per heavy atom. The molecule has 5 heteroatoms. The minimum absolute atomic E-state index is 0.0758. The first-order valence-corrected chi connectivity index (χ1v) is 6.97. The van der Waals surface area contributed by atoms with Crippen molar-refractivity contribution in [2.24, 2.45) is 5.92 Å². The number of hydrogen-bond acceptors (Lipinski definition) is 2. The third kappa shape index (κ3) is 3.85. The van der Waals surface area contributed by atoms with Gasteiger partial charge in [0.2, 0.25) is 0 Å². The van der Waals surface area contributed by atoms with Crippen LogP contribution in [-0.2, 0) is 0 Å². The van der Waals surface area contributed by atoms with Gasteiger partial charge in [0.1, 0.15) is 5.69 Å². The summed E-state index contributed by atoms with van der Waals surface area (Å²) in [6.07, 6.45) is 1.96. The molecule has 1 aromatic heterocycles. The molecule has 1 atom stereocenters. The van der Waals surface area contributed by atoms with E-state index in [1.54, 1.807) is 13.8 Å². The van der Waals surface area contributed by atoms with E-state index in [9.17, 15) is 9.59 Å². The maximum Gasteiger partial charge on any atom is 0.352 e. The predicted octanol–water partition coefficient (Wildman–Crippen LogP) is 2.88. The van der Waals surface area contributed by atoms with Crippen molar-refractivity contribution in [3.8, 4) is 0 Å². The van der Waals surface area contributed by atoms with Crippen LogP contribution < -0.4 is 5.32 Å². The number of aryl methyl sites for hydroxylation is 1. The highest BCUT2D eigenvalue weighted by atomic mass is 16.4. The standard InChI is InChI=1S/C15H24N2O3/c1-8(2)6-7-9(3)16-14(18)12-10(4)13(15(19)20)17-11(12)5/h8-9,17H,6-7H2,1-5H3,(H,16,18)(H,19,20). The maximum absolute atomic E-state index is 12.3. The van der Waals surface area contributed by atoms with Crippen LogP contribution in [0.25, 0.3) is 0 Å². The summed E-state index contributed by atoms with van der Waals surface area (Å²) in [6, 6.07) is 0.0758. The van der Waals surface area contributed by atoms with E-state index in [0.717, 1.165) is 12.8 Å². The van der Waals surface area contributed by atoms with Crippen molar-refractivity contribution in [1.82, 2.24) is 10.3 Å². The van der Waals surface area contributed by atoms with E-state index < -0.39 is 5.97 Å². The Balaban J connectivity index is 2.80. The van der Waals surface area contributed by atoms with Crippen molar-refractivity contribution in [2.75, 3.05) is 0 Å². The fourth-order valence-electron chi connectivity index (χ4n) is 2.26. The van der Waals surface area contributed by atoms with Crippen molar-refractivity contribution in [1.29, 1.82) is 0 Å². The van der Waals surface area contributed by atoms with E-state index >= 15 is 0 Å². The zero-order valence-electron chi connectivity index (χ0n) is 12.8. The number of amides is 1. The number of carboxylic acids is 1. The SMILES string of the molecule is Cc1[nH]c(C(=O)O)c(C)c1C(=O)NC(C)CCC(C)C. The summed E-state index contributed by atoms with van der Waals surface area (Å²) in [4.78, 5) is 26.1. The van der Waals surface area contributed by atoms with Crippen LogP contribution in [0.4, 0.5) is 0 Å². The molecule has 20 heavy (non-hydrogen) atoms. The number of carbonyl (C=O) groups is 2. The monoisotopic (exact) mass is 280 g/mol. The Hall–Kier alpha value is -1.78. The molecule has 0 aromatic carbocycles. The lowest BCUT2D eigenvalue weighted by molar-refractivity contribution is 0.0690. The van der Waals surface area contributed by atoms with E-state index in [4.69, 9.17) is 5.11 Å². The minimum atomic E-state index is -1.04. The summed E-state index contributed by atoms with van der Waals surface area (Å²) in [5, 5.41) is 12.0. The lowest BCUT2D eigenvalue weighted by Crippen LogP contribution is -2.33. The first kappa shape index (κ1) is 16.3. The van der Waals surface area contributed by atoms with Crippen LogP contribution in [0.2, 0.25) is 0 Å². The third-order valence-corrected chi connectivity index (χ3v) is 3.43. The fourth-order valence-corrected chi connectivity index (χ4v) is 2.26. The van der Waals surface area contributed by atoms with Crippen LogP contribution >= 0.6 is 0 Å². The number of nitrogens with one attached hydrogen (secondary N) is 2. The lowest BCUT2D eigenvalue weighted by Gasteiger charge is -2.15. The Morgan fingerprint density at radius 1 is 1.20 bits per heavy atom. The second-order valence-electron chi connectivity index (χ2n) is 5.78. The van der Waals surface area contributed by atoms with Crippen LogP contribution in [0.15, 0.2) is 0 Å². The number of aromatic carboxylic acids is 1. The summed E-state index contributed by atoms with van der Waals surface area (Å²) < 4.78 is 0. The largest absolute Gasteiger partial charge is 0.477 e. The van der Waals surface area contributed by atoms with Crippen molar-refractivity contribution >= 4 is 11.9 Å². The van der Waals surface area contributed by atoms with Gasteiger partial charge in [0, 0.05) is 11.7 Å². The summed E-state index contributed by atoms with van der Waals surface area (Å²) >= 11 is 0. The number of rotatable bonds is 6. The average molecular weight is 280 g/mol. The molecule has 0 radical (unpaired) electrons. The van der Waals surface area contributed by atoms with Gasteiger partial charge in [-0.2, -0.15) is 0 Å². The second kappa shape index (κ2) is 6.59. The highest BCUT2D eigenvalue weighted by molar-refractivity contribution is 6.00. The highest BCUT2D eigenvalue weighted by Gasteiger charge is 2.22. The minimum Gasteiger partial charge on any atom is -0.477 e. The van der Waals surface area contributed by atoms with Gasteiger partial charge < -0.3 is 15.4 Å². The van der Waals surface area contributed by atoms with E-state index in [-0.39, 0.29) is 17.6 Å². The van der Waals surface area contributed by atoms with E-state index in [0.29, 0.717) is 22.7 Å². The van der Waals surface area contributed by atoms with Crippen LogP contribution in [0.3, 0.4) is 0 Å². The maximum atomic E-state index is 12.3. The third-order valence-electron chi connectivity index (χ3n) is 3.43. The number of aromatic nitrogens is 1. The van der Waals surface area contributed by atoms with Crippen LogP contribution in [-0.4, -0.2) is 28.0 Å². The number of carboxylic acid groups (broad SMARTS) is 1. The smallest absolute Gasteiger partial charge is 0.352 e. The van der Waals surface area contributed by atoms with Crippen LogP contribution in [0, 0.1) is 19.8 Å². The Labute approximate surface area is 119 Å². The normalized spacial score (nSPS) is 12.5.